The first-order valence-corrected chi connectivity index (χ1v) is 12.7. The second kappa shape index (κ2) is 11.5. The van der Waals surface area contributed by atoms with E-state index in [2.05, 4.69) is 48.2 Å². The van der Waals surface area contributed by atoms with Gasteiger partial charge in [0.05, 0.1) is 11.4 Å². The number of para-hydroxylation sites is 2. The van der Waals surface area contributed by atoms with Crippen LogP contribution in [0.25, 0.3) is 5.57 Å². The van der Waals surface area contributed by atoms with Crippen LogP contribution < -0.4 is 9.64 Å². The summed E-state index contributed by atoms with van der Waals surface area (Å²) in [5.74, 6) is 1.69. The molecule has 5 nitrogen and oxygen atoms in total. The van der Waals surface area contributed by atoms with Gasteiger partial charge in [-0.3, -0.25) is 0 Å². The van der Waals surface area contributed by atoms with Gasteiger partial charge in [-0.1, -0.05) is 43.4 Å². The van der Waals surface area contributed by atoms with E-state index in [0.717, 1.165) is 53.4 Å². The van der Waals surface area contributed by atoms with Crippen LogP contribution in [0.15, 0.2) is 60.7 Å². The number of rotatable bonds is 8. The van der Waals surface area contributed by atoms with Crippen LogP contribution in [0.3, 0.4) is 0 Å². The van der Waals surface area contributed by atoms with Gasteiger partial charge in [-0.25, -0.2) is 4.79 Å². The number of ether oxygens (including phenoxy) is 2. The SMILES string of the molecule is C/C=C\C(=C/C)c1ccc2c(c1)Oc1ccccc1N2CC[C@H](CC)N(CC)C(=O)OC(C)(C)C. The summed E-state index contributed by atoms with van der Waals surface area (Å²) in [6.07, 6.45) is 7.70. The van der Waals surface area contributed by atoms with Crippen LogP contribution in [0, 0.1) is 0 Å². The molecule has 1 aliphatic heterocycles. The molecule has 0 radical (unpaired) electrons. The zero-order valence-electron chi connectivity index (χ0n) is 22.3. The Morgan fingerprint density at radius 2 is 1.80 bits per heavy atom. The lowest BCUT2D eigenvalue weighted by Crippen LogP contribution is -2.44. The minimum Gasteiger partial charge on any atom is -0.453 e. The van der Waals surface area contributed by atoms with Gasteiger partial charge in [-0.15, -0.1) is 0 Å². The molecule has 0 saturated heterocycles. The molecule has 1 amide bonds. The Kier molecular flexibility index (Phi) is 8.66. The largest absolute Gasteiger partial charge is 0.453 e. The highest BCUT2D eigenvalue weighted by Gasteiger charge is 2.29. The molecular formula is C30H40N2O3. The van der Waals surface area contributed by atoms with Crippen LogP contribution in [0.2, 0.25) is 0 Å². The lowest BCUT2D eigenvalue weighted by molar-refractivity contribution is 0.0162. The normalized spacial score (nSPS) is 14.3. The Morgan fingerprint density at radius 3 is 2.43 bits per heavy atom. The van der Waals surface area contributed by atoms with Gasteiger partial charge < -0.3 is 19.3 Å². The maximum Gasteiger partial charge on any atom is 0.410 e. The molecular weight excluding hydrogens is 436 g/mol. The zero-order valence-corrected chi connectivity index (χ0v) is 22.3. The number of carbonyl (C=O) groups excluding carboxylic acids is 1. The average Bonchev–Trinajstić information content (AvgIpc) is 2.82. The third kappa shape index (κ3) is 6.27. The number of nitrogens with zero attached hydrogens (tertiary/aromatic N) is 2. The zero-order chi connectivity index (χ0) is 25.6. The summed E-state index contributed by atoms with van der Waals surface area (Å²) in [4.78, 5) is 17.1. The van der Waals surface area contributed by atoms with Crippen LogP contribution in [-0.4, -0.2) is 35.7 Å². The highest BCUT2D eigenvalue weighted by molar-refractivity contribution is 5.82. The molecule has 0 fully saturated rings. The fourth-order valence-electron chi connectivity index (χ4n) is 4.51. The first-order chi connectivity index (χ1) is 16.7. The molecule has 2 aromatic rings. The van der Waals surface area contributed by atoms with E-state index in [0.29, 0.717) is 6.54 Å². The van der Waals surface area contributed by atoms with Crippen molar-refractivity contribution in [3.8, 4) is 11.5 Å². The number of hydrogen-bond acceptors (Lipinski definition) is 4. The molecule has 1 atom stereocenters. The molecule has 1 heterocycles. The van der Waals surface area contributed by atoms with Crippen molar-refractivity contribution in [2.75, 3.05) is 18.0 Å². The Balaban J connectivity index is 1.89. The highest BCUT2D eigenvalue weighted by atomic mass is 16.6. The van der Waals surface area contributed by atoms with Gasteiger partial charge in [0, 0.05) is 19.1 Å². The van der Waals surface area contributed by atoms with Crippen LogP contribution in [0.1, 0.15) is 66.9 Å². The van der Waals surface area contributed by atoms with Gasteiger partial charge in [0.15, 0.2) is 11.5 Å². The van der Waals surface area contributed by atoms with Gasteiger partial charge in [0.25, 0.3) is 0 Å². The molecule has 3 rings (SSSR count). The maximum absolute atomic E-state index is 12.9. The fourth-order valence-corrected chi connectivity index (χ4v) is 4.51. The lowest BCUT2D eigenvalue weighted by Gasteiger charge is -2.36. The van der Waals surface area contributed by atoms with Gasteiger partial charge in [-0.05, 0) is 89.8 Å². The second-order valence-corrected chi connectivity index (χ2v) is 9.77. The predicted molar refractivity (Wildman–Crippen MR) is 146 cm³/mol. The van der Waals surface area contributed by atoms with Gasteiger partial charge in [0.2, 0.25) is 0 Å². The van der Waals surface area contributed by atoms with E-state index in [4.69, 9.17) is 9.47 Å². The number of allylic oxidation sites excluding steroid dienone is 4. The summed E-state index contributed by atoms with van der Waals surface area (Å²) in [6, 6.07) is 14.6. The number of amides is 1. The topological polar surface area (TPSA) is 42.0 Å². The molecule has 0 N–H and O–H groups in total. The molecule has 5 heteroatoms. The van der Waals surface area contributed by atoms with E-state index in [1.165, 1.54) is 0 Å². The van der Waals surface area contributed by atoms with Crippen molar-refractivity contribution in [2.45, 2.75) is 73.0 Å². The van der Waals surface area contributed by atoms with E-state index in [1.807, 2.05) is 70.7 Å². The molecule has 0 aliphatic carbocycles. The van der Waals surface area contributed by atoms with Crippen LogP contribution in [-0.2, 0) is 4.74 Å². The van der Waals surface area contributed by atoms with Crippen molar-refractivity contribution in [3.63, 3.8) is 0 Å². The van der Waals surface area contributed by atoms with Crippen molar-refractivity contribution in [1.29, 1.82) is 0 Å². The molecule has 1 aliphatic rings. The average molecular weight is 477 g/mol. The minimum absolute atomic E-state index is 0.0805. The first kappa shape index (κ1) is 26.4. The van der Waals surface area contributed by atoms with Gasteiger partial charge in [-0.2, -0.15) is 0 Å². The standard InChI is InChI=1S/C30H40N2O3/c1-8-14-22(9-2)23-17-18-26-28(21-23)34-27-16-13-12-15-25(27)32(26)20-19-24(10-3)31(11-4)29(33)35-30(5,6)7/h8-9,12-18,21,24H,10-11,19-20H2,1-7H3/b14-8-,22-9+/t24-/m0/s1. The number of hydrogen-bond donors (Lipinski definition) is 0. The van der Waals surface area contributed by atoms with Crippen LogP contribution in [0.5, 0.6) is 11.5 Å². The van der Waals surface area contributed by atoms with E-state index in [1.54, 1.807) is 0 Å². The van der Waals surface area contributed by atoms with Crippen molar-refractivity contribution < 1.29 is 14.3 Å². The molecule has 2 aromatic carbocycles. The first-order valence-electron chi connectivity index (χ1n) is 12.7. The summed E-state index contributed by atoms with van der Waals surface area (Å²) in [7, 11) is 0. The van der Waals surface area contributed by atoms with E-state index in [-0.39, 0.29) is 12.1 Å². The number of anilines is 2. The van der Waals surface area contributed by atoms with Crippen molar-refractivity contribution >= 4 is 23.0 Å². The van der Waals surface area contributed by atoms with Crippen LogP contribution >= 0.6 is 0 Å². The number of fused-ring (bicyclic) bond motifs is 2. The molecule has 0 saturated carbocycles. The van der Waals surface area contributed by atoms with Gasteiger partial charge >= 0.3 is 6.09 Å². The Bertz CT molecular complexity index is 1080. The summed E-state index contributed by atoms with van der Waals surface area (Å²) >= 11 is 0. The Labute approximate surface area is 211 Å². The summed E-state index contributed by atoms with van der Waals surface area (Å²) in [5.41, 5.74) is 3.85. The van der Waals surface area contributed by atoms with E-state index in [9.17, 15) is 4.79 Å². The van der Waals surface area contributed by atoms with Crippen molar-refractivity contribution in [3.05, 3.63) is 66.3 Å². The molecule has 0 unspecified atom stereocenters. The monoisotopic (exact) mass is 476 g/mol. The molecule has 188 valence electrons. The smallest absolute Gasteiger partial charge is 0.410 e. The van der Waals surface area contributed by atoms with Crippen molar-refractivity contribution in [2.24, 2.45) is 0 Å². The summed E-state index contributed by atoms with van der Waals surface area (Å²) in [6.45, 7) is 15.3. The Hall–Kier alpha value is -3.21. The van der Waals surface area contributed by atoms with Gasteiger partial charge in [0.1, 0.15) is 5.60 Å². The molecule has 0 bridgehead atoms. The minimum atomic E-state index is -0.513. The fraction of sp³-hybridized carbons (Fsp3) is 0.433. The third-order valence-electron chi connectivity index (χ3n) is 6.18. The molecule has 35 heavy (non-hydrogen) atoms. The van der Waals surface area contributed by atoms with Crippen molar-refractivity contribution in [1.82, 2.24) is 4.90 Å². The Morgan fingerprint density at radius 1 is 1.09 bits per heavy atom. The molecule has 0 spiro atoms. The third-order valence-corrected chi connectivity index (χ3v) is 6.18. The van der Waals surface area contributed by atoms with E-state index >= 15 is 0 Å². The second-order valence-electron chi connectivity index (χ2n) is 9.77. The van der Waals surface area contributed by atoms with Crippen LogP contribution in [0.4, 0.5) is 16.2 Å². The highest BCUT2D eigenvalue weighted by Crippen LogP contribution is 2.47. The number of benzene rings is 2. The lowest BCUT2D eigenvalue weighted by atomic mass is 10.0. The predicted octanol–water partition coefficient (Wildman–Crippen LogP) is 8.34. The quantitative estimate of drug-likeness (QED) is 0.359. The molecule has 0 aromatic heterocycles. The summed E-state index contributed by atoms with van der Waals surface area (Å²) < 4.78 is 12.0. The van der Waals surface area contributed by atoms with E-state index < -0.39 is 5.60 Å². The number of carbonyl (C=O) groups is 1. The maximum atomic E-state index is 12.9. The summed E-state index contributed by atoms with van der Waals surface area (Å²) in [5, 5.41) is 0.